The van der Waals surface area contributed by atoms with E-state index in [0.29, 0.717) is 30.5 Å². The number of likely N-dealkylation sites (tertiary alicyclic amines) is 1. The van der Waals surface area contributed by atoms with Crippen LogP contribution in [0.2, 0.25) is 0 Å². The number of carbonyl (C=O) groups excluding carboxylic acids is 1. The van der Waals surface area contributed by atoms with Crippen LogP contribution in [0.1, 0.15) is 28.8 Å². The van der Waals surface area contributed by atoms with Gasteiger partial charge in [-0.15, -0.1) is 0 Å². The van der Waals surface area contributed by atoms with E-state index >= 15 is 0 Å². The molecule has 0 aromatic heterocycles. The zero-order chi connectivity index (χ0) is 18.1. The van der Waals surface area contributed by atoms with Crippen LogP contribution in [-0.4, -0.2) is 34.5 Å². The van der Waals surface area contributed by atoms with Crippen molar-refractivity contribution in [1.82, 2.24) is 4.90 Å². The van der Waals surface area contributed by atoms with Crippen molar-refractivity contribution in [2.24, 2.45) is 0 Å². The van der Waals surface area contributed by atoms with Gasteiger partial charge < -0.3 is 10.0 Å². The van der Waals surface area contributed by atoms with Gasteiger partial charge in [-0.25, -0.2) is 13.6 Å². The van der Waals surface area contributed by atoms with Crippen molar-refractivity contribution in [1.29, 1.82) is 0 Å². The lowest BCUT2D eigenvalue weighted by atomic mass is 9.98. The minimum atomic E-state index is -1.05. The van der Waals surface area contributed by atoms with Gasteiger partial charge in [0.05, 0.1) is 0 Å². The van der Waals surface area contributed by atoms with Gasteiger partial charge in [-0.05, 0) is 55.2 Å². The number of halogens is 2. The summed E-state index contributed by atoms with van der Waals surface area (Å²) < 4.78 is 27.8. The van der Waals surface area contributed by atoms with Crippen LogP contribution in [0.4, 0.5) is 8.78 Å². The van der Waals surface area contributed by atoms with Crippen LogP contribution >= 0.6 is 0 Å². The molecule has 25 heavy (non-hydrogen) atoms. The molecule has 2 aromatic rings. The maximum Gasteiger partial charge on any atom is 0.326 e. The molecule has 0 saturated carbocycles. The monoisotopic (exact) mass is 345 g/mol. The van der Waals surface area contributed by atoms with E-state index in [4.69, 9.17) is 0 Å². The molecule has 3 rings (SSSR count). The lowest BCUT2D eigenvalue weighted by Crippen LogP contribution is -2.40. The Balaban J connectivity index is 1.92. The van der Waals surface area contributed by atoms with Crippen molar-refractivity contribution in [3.05, 3.63) is 59.2 Å². The number of rotatable bonds is 3. The van der Waals surface area contributed by atoms with Crippen LogP contribution in [-0.2, 0) is 4.79 Å². The molecule has 1 N–H and O–H groups in total. The summed E-state index contributed by atoms with van der Waals surface area (Å²) in [5.41, 5.74) is 1.50. The van der Waals surface area contributed by atoms with E-state index in [-0.39, 0.29) is 11.1 Å². The van der Waals surface area contributed by atoms with Crippen molar-refractivity contribution >= 4 is 11.9 Å². The molecular formula is C19H17F2NO3. The van der Waals surface area contributed by atoms with Crippen LogP contribution in [0.3, 0.4) is 0 Å². The lowest BCUT2D eigenvalue weighted by molar-refractivity contribution is -0.141. The summed E-state index contributed by atoms with van der Waals surface area (Å²) in [6.45, 7) is 2.02. The van der Waals surface area contributed by atoms with E-state index in [2.05, 4.69) is 0 Å². The third kappa shape index (κ3) is 3.24. The molecular weight excluding hydrogens is 328 g/mol. The van der Waals surface area contributed by atoms with Crippen molar-refractivity contribution < 1.29 is 23.5 Å². The van der Waals surface area contributed by atoms with E-state index < -0.39 is 29.6 Å². The van der Waals surface area contributed by atoms with Crippen LogP contribution in [0.15, 0.2) is 36.4 Å². The fourth-order valence-electron chi connectivity index (χ4n) is 3.23. The second-order valence-electron chi connectivity index (χ2n) is 6.15. The number of hydrogen-bond acceptors (Lipinski definition) is 2. The summed E-state index contributed by atoms with van der Waals surface area (Å²) >= 11 is 0. The average molecular weight is 345 g/mol. The Bertz CT molecular complexity index is 851. The first-order chi connectivity index (χ1) is 11.9. The van der Waals surface area contributed by atoms with Crippen molar-refractivity contribution in [3.63, 3.8) is 0 Å². The first-order valence-electron chi connectivity index (χ1n) is 7.98. The molecule has 130 valence electrons. The Morgan fingerprint density at radius 1 is 1.12 bits per heavy atom. The van der Waals surface area contributed by atoms with E-state index in [9.17, 15) is 23.5 Å². The molecule has 4 nitrogen and oxygen atoms in total. The van der Waals surface area contributed by atoms with Gasteiger partial charge in [-0.2, -0.15) is 0 Å². The molecule has 1 atom stereocenters. The first-order valence-corrected chi connectivity index (χ1v) is 7.98. The molecule has 1 aliphatic rings. The number of carboxylic acid groups (broad SMARTS) is 1. The molecule has 0 spiro atoms. The van der Waals surface area contributed by atoms with Gasteiger partial charge in [-0.1, -0.05) is 12.1 Å². The Labute approximate surface area is 143 Å². The molecule has 0 unspecified atom stereocenters. The van der Waals surface area contributed by atoms with Crippen molar-refractivity contribution in [2.45, 2.75) is 25.8 Å². The topological polar surface area (TPSA) is 57.6 Å². The number of benzene rings is 2. The number of nitrogens with zero attached hydrogens (tertiary/aromatic N) is 1. The second kappa shape index (κ2) is 6.63. The quantitative estimate of drug-likeness (QED) is 0.924. The average Bonchev–Trinajstić information content (AvgIpc) is 3.04. The number of aryl methyl sites for hydroxylation is 1. The predicted molar refractivity (Wildman–Crippen MR) is 88.2 cm³/mol. The molecule has 1 amide bonds. The minimum absolute atomic E-state index is 0.106. The molecule has 6 heteroatoms. The largest absolute Gasteiger partial charge is 0.480 e. The third-order valence-corrected chi connectivity index (χ3v) is 4.49. The van der Waals surface area contributed by atoms with E-state index in [1.807, 2.05) is 0 Å². The number of hydrogen-bond donors (Lipinski definition) is 1. The van der Waals surface area contributed by atoms with Crippen molar-refractivity contribution in [2.75, 3.05) is 6.54 Å². The van der Waals surface area contributed by atoms with E-state index in [1.165, 1.54) is 35.2 Å². The van der Waals surface area contributed by atoms with Crippen LogP contribution in [0.25, 0.3) is 11.1 Å². The Kier molecular flexibility index (Phi) is 4.53. The van der Waals surface area contributed by atoms with Gasteiger partial charge in [0.25, 0.3) is 5.91 Å². The van der Waals surface area contributed by atoms with Gasteiger partial charge in [0.15, 0.2) is 0 Å². The van der Waals surface area contributed by atoms with Crippen LogP contribution in [0, 0.1) is 18.6 Å². The highest BCUT2D eigenvalue weighted by Gasteiger charge is 2.34. The molecule has 0 bridgehead atoms. The highest BCUT2D eigenvalue weighted by molar-refractivity contribution is 5.97. The summed E-state index contributed by atoms with van der Waals surface area (Å²) in [4.78, 5) is 25.0. The Hall–Kier alpha value is -2.76. The van der Waals surface area contributed by atoms with Crippen molar-refractivity contribution in [3.8, 4) is 11.1 Å². The maximum absolute atomic E-state index is 14.5. The standard InChI is InChI=1S/C19H17F2NO3/c1-11-9-13(20)5-7-14(11)15-6-4-12(10-16(15)21)18(23)22-8-2-3-17(22)19(24)25/h4-7,9-10,17H,2-3,8H2,1H3,(H,24,25)/t17-/m1/s1. The molecule has 2 aromatic carbocycles. The van der Waals surface area contributed by atoms with Crippen LogP contribution in [0.5, 0.6) is 0 Å². The molecule has 0 aliphatic carbocycles. The third-order valence-electron chi connectivity index (χ3n) is 4.49. The van der Waals surface area contributed by atoms with Crippen LogP contribution < -0.4 is 0 Å². The Morgan fingerprint density at radius 2 is 1.84 bits per heavy atom. The summed E-state index contributed by atoms with van der Waals surface area (Å²) in [6.07, 6.45) is 1.01. The van der Waals surface area contributed by atoms with E-state index in [1.54, 1.807) is 6.92 Å². The smallest absolute Gasteiger partial charge is 0.326 e. The fraction of sp³-hybridized carbons (Fsp3) is 0.263. The summed E-state index contributed by atoms with van der Waals surface area (Å²) in [5, 5.41) is 9.18. The number of amides is 1. The highest BCUT2D eigenvalue weighted by atomic mass is 19.1. The predicted octanol–water partition coefficient (Wildman–Crippen LogP) is 3.63. The summed E-state index contributed by atoms with van der Waals surface area (Å²) in [5.74, 6) is -2.55. The van der Waals surface area contributed by atoms with Gasteiger partial charge in [-0.3, -0.25) is 4.79 Å². The maximum atomic E-state index is 14.5. The van der Waals surface area contributed by atoms with Gasteiger partial charge in [0, 0.05) is 17.7 Å². The number of carbonyl (C=O) groups is 2. The molecule has 1 saturated heterocycles. The number of aliphatic carboxylic acids is 1. The highest BCUT2D eigenvalue weighted by Crippen LogP contribution is 2.28. The fourth-order valence-corrected chi connectivity index (χ4v) is 3.23. The number of carboxylic acids is 1. The molecule has 1 fully saturated rings. The normalized spacial score (nSPS) is 16.9. The lowest BCUT2D eigenvalue weighted by Gasteiger charge is -2.21. The van der Waals surface area contributed by atoms with Gasteiger partial charge in [0.2, 0.25) is 0 Å². The van der Waals surface area contributed by atoms with Gasteiger partial charge >= 0.3 is 5.97 Å². The summed E-state index contributed by atoms with van der Waals surface area (Å²) in [7, 11) is 0. The zero-order valence-corrected chi connectivity index (χ0v) is 13.6. The minimum Gasteiger partial charge on any atom is -0.480 e. The SMILES string of the molecule is Cc1cc(F)ccc1-c1ccc(C(=O)N2CCC[C@@H]2C(=O)O)cc1F. The van der Waals surface area contributed by atoms with E-state index in [0.717, 1.165) is 6.07 Å². The van der Waals surface area contributed by atoms with Gasteiger partial charge in [0.1, 0.15) is 17.7 Å². The Morgan fingerprint density at radius 3 is 2.48 bits per heavy atom. The summed E-state index contributed by atoms with van der Waals surface area (Å²) in [6, 6.07) is 7.24. The first kappa shape index (κ1) is 17.1. The molecule has 1 heterocycles. The second-order valence-corrected chi connectivity index (χ2v) is 6.15. The molecule has 0 radical (unpaired) electrons. The zero-order valence-electron chi connectivity index (χ0n) is 13.6. The molecule has 1 aliphatic heterocycles.